The van der Waals surface area contributed by atoms with Crippen molar-refractivity contribution in [2.75, 3.05) is 13.1 Å². The Balaban J connectivity index is 2.11. The molecule has 1 N–H and O–H groups in total. The number of imidazole rings is 1. The highest BCUT2D eigenvalue weighted by Gasteiger charge is 2.20. The van der Waals surface area contributed by atoms with E-state index in [2.05, 4.69) is 41.8 Å². The van der Waals surface area contributed by atoms with Crippen molar-refractivity contribution in [2.24, 2.45) is 5.41 Å². The number of piperidine rings is 1. The Labute approximate surface area is 98.3 Å². The van der Waals surface area contributed by atoms with Gasteiger partial charge < -0.3 is 9.88 Å². The van der Waals surface area contributed by atoms with Crippen molar-refractivity contribution in [1.82, 2.24) is 14.9 Å². The van der Waals surface area contributed by atoms with Gasteiger partial charge in [0.05, 0.1) is 6.33 Å². The first-order chi connectivity index (χ1) is 7.56. The fourth-order valence-corrected chi connectivity index (χ4v) is 2.43. The van der Waals surface area contributed by atoms with Crippen LogP contribution in [0.1, 0.15) is 45.2 Å². The lowest BCUT2D eigenvalue weighted by Crippen LogP contribution is -2.28. The van der Waals surface area contributed by atoms with Crippen LogP contribution in [0.3, 0.4) is 0 Å². The van der Waals surface area contributed by atoms with E-state index in [4.69, 9.17) is 0 Å². The van der Waals surface area contributed by atoms with Crippen molar-refractivity contribution in [3.63, 3.8) is 0 Å². The van der Waals surface area contributed by atoms with Gasteiger partial charge >= 0.3 is 0 Å². The van der Waals surface area contributed by atoms with Crippen LogP contribution in [0.5, 0.6) is 0 Å². The third-order valence-electron chi connectivity index (χ3n) is 3.15. The zero-order valence-corrected chi connectivity index (χ0v) is 10.7. The lowest BCUT2D eigenvalue weighted by atomic mass is 9.93. The summed E-state index contributed by atoms with van der Waals surface area (Å²) >= 11 is 0. The Morgan fingerprint density at radius 3 is 2.69 bits per heavy atom. The maximum absolute atomic E-state index is 4.32. The highest BCUT2D eigenvalue weighted by molar-refractivity contribution is 5.08. The van der Waals surface area contributed by atoms with E-state index in [9.17, 15) is 0 Å². The summed E-state index contributed by atoms with van der Waals surface area (Å²) in [5, 5.41) is 3.41. The van der Waals surface area contributed by atoms with Gasteiger partial charge in [0.1, 0.15) is 0 Å². The summed E-state index contributed by atoms with van der Waals surface area (Å²) in [6.45, 7) is 10.2. The van der Waals surface area contributed by atoms with Gasteiger partial charge in [-0.25, -0.2) is 4.98 Å². The molecule has 1 aromatic rings. The predicted octanol–water partition coefficient (Wildman–Crippen LogP) is 2.40. The van der Waals surface area contributed by atoms with Crippen LogP contribution in [0.15, 0.2) is 12.5 Å². The smallest absolute Gasteiger partial charge is 0.0948 e. The van der Waals surface area contributed by atoms with Gasteiger partial charge in [0.2, 0.25) is 0 Å². The number of hydrogen-bond acceptors (Lipinski definition) is 2. The molecule has 3 nitrogen and oxygen atoms in total. The number of rotatable bonds is 2. The molecule has 1 aliphatic heterocycles. The topological polar surface area (TPSA) is 29.9 Å². The molecule has 0 atom stereocenters. The van der Waals surface area contributed by atoms with Gasteiger partial charge in [-0.2, -0.15) is 0 Å². The van der Waals surface area contributed by atoms with Crippen LogP contribution in [0, 0.1) is 5.41 Å². The minimum Gasteiger partial charge on any atom is -0.334 e. The van der Waals surface area contributed by atoms with Gasteiger partial charge in [0.15, 0.2) is 0 Å². The van der Waals surface area contributed by atoms with Crippen molar-refractivity contribution in [3.05, 3.63) is 18.2 Å². The van der Waals surface area contributed by atoms with Crippen molar-refractivity contribution in [3.8, 4) is 0 Å². The van der Waals surface area contributed by atoms with Crippen molar-refractivity contribution in [2.45, 2.75) is 46.1 Å². The van der Waals surface area contributed by atoms with Crippen molar-refractivity contribution in [1.29, 1.82) is 0 Å². The van der Waals surface area contributed by atoms with Gasteiger partial charge in [-0.15, -0.1) is 0 Å². The van der Waals surface area contributed by atoms with E-state index in [1.807, 2.05) is 6.33 Å². The molecule has 0 bridgehead atoms. The number of hydrogen-bond donors (Lipinski definition) is 1. The maximum Gasteiger partial charge on any atom is 0.0948 e. The second kappa shape index (κ2) is 4.58. The monoisotopic (exact) mass is 221 g/mol. The third-order valence-corrected chi connectivity index (χ3v) is 3.15. The molecule has 3 heteroatoms. The first kappa shape index (κ1) is 11.6. The number of nitrogens with zero attached hydrogens (tertiary/aromatic N) is 2. The zero-order chi connectivity index (χ0) is 11.6. The Kier molecular flexibility index (Phi) is 3.33. The summed E-state index contributed by atoms with van der Waals surface area (Å²) in [4.78, 5) is 4.32. The van der Waals surface area contributed by atoms with Crippen molar-refractivity contribution >= 4 is 0 Å². The molecule has 2 rings (SSSR count). The van der Waals surface area contributed by atoms with Gasteiger partial charge in [-0.3, -0.25) is 0 Å². The van der Waals surface area contributed by atoms with Crippen LogP contribution in [0.2, 0.25) is 0 Å². The standard InChI is InChI=1S/C13H23N3/c1-13(2,3)9-16-10-15-8-12(16)11-4-6-14-7-5-11/h8,10-11,14H,4-7,9H2,1-3H3. The maximum atomic E-state index is 4.32. The molecule has 2 heterocycles. The second-order valence-corrected chi connectivity index (χ2v) is 6.03. The van der Waals surface area contributed by atoms with Gasteiger partial charge in [0, 0.05) is 24.4 Å². The summed E-state index contributed by atoms with van der Waals surface area (Å²) in [6.07, 6.45) is 6.54. The average molecular weight is 221 g/mol. The van der Waals surface area contributed by atoms with Gasteiger partial charge in [-0.1, -0.05) is 20.8 Å². The molecule has 0 unspecified atom stereocenters. The number of aromatic nitrogens is 2. The molecule has 0 aliphatic carbocycles. The molecule has 0 aromatic carbocycles. The molecule has 1 aromatic heterocycles. The molecule has 1 aliphatic rings. The van der Waals surface area contributed by atoms with Crippen LogP contribution in [-0.2, 0) is 6.54 Å². The van der Waals surface area contributed by atoms with E-state index in [1.165, 1.54) is 18.5 Å². The largest absolute Gasteiger partial charge is 0.334 e. The summed E-state index contributed by atoms with van der Waals surface area (Å²) in [7, 11) is 0. The minimum absolute atomic E-state index is 0.322. The summed E-state index contributed by atoms with van der Waals surface area (Å²) in [5.41, 5.74) is 1.75. The molecule has 1 saturated heterocycles. The van der Waals surface area contributed by atoms with Crippen LogP contribution in [-0.4, -0.2) is 22.6 Å². The first-order valence-corrected chi connectivity index (χ1v) is 6.27. The van der Waals surface area contributed by atoms with E-state index in [1.54, 1.807) is 0 Å². The summed E-state index contributed by atoms with van der Waals surface area (Å²) in [6, 6.07) is 0. The molecule has 0 saturated carbocycles. The van der Waals surface area contributed by atoms with Gasteiger partial charge in [0.25, 0.3) is 0 Å². The van der Waals surface area contributed by atoms with Crippen LogP contribution in [0.25, 0.3) is 0 Å². The molecular weight excluding hydrogens is 198 g/mol. The highest BCUT2D eigenvalue weighted by Crippen LogP contribution is 2.27. The third kappa shape index (κ3) is 2.85. The molecular formula is C13H23N3. The van der Waals surface area contributed by atoms with Crippen molar-refractivity contribution < 1.29 is 0 Å². The minimum atomic E-state index is 0.322. The Hall–Kier alpha value is -0.830. The van der Waals surface area contributed by atoms with E-state index >= 15 is 0 Å². The van der Waals surface area contributed by atoms with Gasteiger partial charge in [-0.05, 0) is 31.3 Å². The van der Waals surface area contributed by atoms with Crippen LogP contribution in [0.4, 0.5) is 0 Å². The van der Waals surface area contributed by atoms with E-state index in [0.717, 1.165) is 19.6 Å². The Morgan fingerprint density at radius 1 is 1.38 bits per heavy atom. The Morgan fingerprint density at radius 2 is 2.06 bits per heavy atom. The molecule has 1 fully saturated rings. The lowest BCUT2D eigenvalue weighted by molar-refractivity contribution is 0.329. The van der Waals surface area contributed by atoms with E-state index in [0.29, 0.717) is 11.3 Å². The van der Waals surface area contributed by atoms with E-state index < -0.39 is 0 Å². The number of nitrogens with one attached hydrogen (secondary N) is 1. The average Bonchev–Trinajstić information content (AvgIpc) is 2.64. The zero-order valence-electron chi connectivity index (χ0n) is 10.7. The fourth-order valence-electron chi connectivity index (χ4n) is 2.43. The first-order valence-electron chi connectivity index (χ1n) is 6.27. The van der Waals surface area contributed by atoms with Crippen LogP contribution >= 0.6 is 0 Å². The summed E-state index contributed by atoms with van der Waals surface area (Å²) in [5.74, 6) is 0.700. The highest BCUT2D eigenvalue weighted by atomic mass is 15.1. The Bertz CT molecular complexity index is 329. The quantitative estimate of drug-likeness (QED) is 0.831. The second-order valence-electron chi connectivity index (χ2n) is 6.03. The predicted molar refractivity (Wildman–Crippen MR) is 66.5 cm³/mol. The SMILES string of the molecule is CC(C)(C)Cn1cncc1C1CCNCC1. The molecule has 0 amide bonds. The molecule has 90 valence electrons. The lowest BCUT2D eigenvalue weighted by Gasteiger charge is -2.26. The molecule has 0 radical (unpaired) electrons. The van der Waals surface area contributed by atoms with Crippen LogP contribution < -0.4 is 5.32 Å². The summed E-state index contributed by atoms with van der Waals surface area (Å²) < 4.78 is 2.34. The molecule has 0 spiro atoms. The molecule has 16 heavy (non-hydrogen) atoms. The fraction of sp³-hybridized carbons (Fsp3) is 0.769. The van der Waals surface area contributed by atoms with E-state index in [-0.39, 0.29) is 0 Å². The normalized spacial score (nSPS) is 18.9.